The third-order valence-electron chi connectivity index (χ3n) is 1.78. The molecule has 3 N–H and O–H groups in total. The molecule has 14 heavy (non-hydrogen) atoms. The summed E-state index contributed by atoms with van der Waals surface area (Å²) in [6.07, 6.45) is 4.86. The molecular formula is C9H14N2O3. The number of carboxylic acids is 1. The minimum atomic E-state index is -1.00. The highest BCUT2D eigenvalue weighted by atomic mass is 16.4. The number of aliphatic carboxylic acids is 1. The molecule has 1 aliphatic rings. The lowest BCUT2D eigenvalue weighted by Gasteiger charge is -2.02. The molecule has 0 bridgehead atoms. The summed E-state index contributed by atoms with van der Waals surface area (Å²) >= 11 is 0. The lowest BCUT2D eigenvalue weighted by atomic mass is 10.4. The van der Waals surface area contributed by atoms with Crippen LogP contribution >= 0.6 is 0 Å². The molecule has 78 valence electrons. The second kappa shape index (κ2) is 5.26. The number of amides is 1. The molecule has 0 aliphatic heterocycles. The molecule has 0 aromatic carbocycles. The van der Waals surface area contributed by atoms with Crippen LogP contribution < -0.4 is 10.6 Å². The number of carbonyl (C=O) groups is 2. The fraction of sp³-hybridized carbons (Fsp3) is 0.556. The first-order valence-corrected chi connectivity index (χ1v) is 4.60. The van der Waals surface area contributed by atoms with Crippen LogP contribution in [0.5, 0.6) is 0 Å². The Morgan fingerprint density at radius 3 is 2.71 bits per heavy atom. The molecule has 0 unspecified atom stereocenters. The van der Waals surface area contributed by atoms with Gasteiger partial charge in [0.25, 0.3) is 0 Å². The molecule has 1 rings (SSSR count). The predicted molar refractivity (Wildman–Crippen MR) is 50.6 cm³/mol. The van der Waals surface area contributed by atoms with Crippen molar-refractivity contribution in [2.75, 3.05) is 6.54 Å². The van der Waals surface area contributed by atoms with Gasteiger partial charge in [-0.25, -0.2) is 4.79 Å². The summed E-state index contributed by atoms with van der Waals surface area (Å²) in [4.78, 5) is 21.1. The molecule has 1 saturated carbocycles. The number of rotatable bonds is 6. The van der Waals surface area contributed by atoms with Crippen LogP contribution in [0, 0.1) is 0 Å². The van der Waals surface area contributed by atoms with Gasteiger partial charge in [0.1, 0.15) is 0 Å². The molecule has 0 aromatic rings. The van der Waals surface area contributed by atoms with Gasteiger partial charge in [0, 0.05) is 31.3 Å². The summed E-state index contributed by atoms with van der Waals surface area (Å²) in [5, 5.41) is 13.8. The molecule has 5 nitrogen and oxygen atoms in total. The summed E-state index contributed by atoms with van der Waals surface area (Å²) in [7, 11) is 0. The summed E-state index contributed by atoms with van der Waals surface area (Å²) in [5.41, 5.74) is 0. The van der Waals surface area contributed by atoms with Crippen molar-refractivity contribution in [3.63, 3.8) is 0 Å². The lowest BCUT2D eigenvalue weighted by molar-refractivity contribution is -0.131. The largest absolute Gasteiger partial charge is 0.478 e. The maximum atomic E-state index is 11.1. The number of hydrogen-bond donors (Lipinski definition) is 3. The third-order valence-corrected chi connectivity index (χ3v) is 1.78. The van der Waals surface area contributed by atoms with E-state index >= 15 is 0 Å². The van der Waals surface area contributed by atoms with Crippen LogP contribution in [0.1, 0.15) is 19.3 Å². The van der Waals surface area contributed by atoms with Crippen LogP contribution in [0.15, 0.2) is 12.3 Å². The average Bonchev–Trinajstić information content (AvgIpc) is 2.87. The standard InChI is InChI=1S/C9H14N2O3/c12-8(11-7-1-2-7)3-5-10-6-4-9(13)14/h4,6-7,10H,1-3,5H2,(H,11,12)(H,13,14)/b6-4+. The van der Waals surface area contributed by atoms with Crippen LogP contribution in [0.4, 0.5) is 0 Å². The molecule has 1 fully saturated rings. The van der Waals surface area contributed by atoms with Crippen molar-refractivity contribution in [2.24, 2.45) is 0 Å². The summed E-state index contributed by atoms with van der Waals surface area (Å²) < 4.78 is 0. The molecule has 5 heteroatoms. The van der Waals surface area contributed by atoms with Crippen molar-refractivity contribution >= 4 is 11.9 Å². The molecule has 0 spiro atoms. The van der Waals surface area contributed by atoms with Gasteiger partial charge in [0.05, 0.1) is 0 Å². The first-order chi connectivity index (χ1) is 6.68. The van der Waals surface area contributed by atoms with Crippen molar-refractivity contribution in [3.8, 4) is 0 Å². The second-order valence-electron chi connectivity index (χ2n) is 3.22. The Bertz CT molecular complexity index is 246. The first kappa shape index (κ1) is 10.6. The topological polar surface area (TPSA) is 78.4 Å². The summed E-state index contributed by atoms with van der Waals surface area (Å²) in [5.74, 6) is -0.983. The molecule has 0 saturated heterocycles. The molecule has 1 amide bonds. The highest BCUT2D eigenvalue weighted by Crippen LogP contribution is 2.18. The van der Waals surface area contributed by atoms with E-state index in [4.69, 9.17) is 5.11 Å². The van der Waals surface area contributed by atoms with E-state index in [1.165, 1.54) is 6.20 Å². The zero-order valence-corrected chi connectivity index (χ0v) is 7.82. The van der Waals surface area contributed by atoms with Crippen LogP contribution in [0.3, 0.4) is 0 Å². The Kier molecular flexibility index (Phi) is 3.97. The van der Waals surface area contributed by atoms with Crippen molar-refractivity contribution in [3.05, 3.63) is 12.3 Å². The van der Waals surface area contributed by atoms with Gasteiger partial charge in [-0.3, -0.25) is 4.79 Å². The van der Waals surface area contributed by atoms with Crippen LogP contribution in [-0.4, -0.2) is 29.6 Å². The van der Waals surface area contributed by atoms with Gasteiger partial charge < -0.3 is 15.7 Å². The third kappa shape index (κ3) is 5.18. The van der Waals surface area contributed by atoms with E-state index < -0.39 is 5.97 Å². The van der Waals surface area contributed by atoms with Crippen molar-refractivity contribution in [1.29, 1.82) is 0 Å². The highest BCUT2D eigenvalue weighted by molar-refractivity contribution is 5.79. The monoisotopic (exact) mass is 198 g/mol. The van der Waals surface area contributed by atoms with E-state index in [0.717, 1.165) is 18.9 Å². The highest BCUT2D eigenvalue weighted by Gasteiger charge is 2.22. The van der Waals surface area contributed by atoms with Gasteiger partial charge in [-0.05, 0) is 12.8 Å². The fourth-order valence-corrected chi connectivity index (χ4v) is 0.927. The number of carboxylic acid groups (broad SMARTS) is 1. The maximum absolute atomic E-state index is 11.1. The van der Waals surface area contributed by atoms with Crippen molar-refractivity contribution in [2.45, 2.75) is 25.3 Å². The van der Waals surface area contributed by atoms with Gasteiger partial charge in [0.2, 0.25) is 5.91 Å². The average molecular weight is 198 g/mol. The summed E-state index contributed by atoms with van der Waals surface area (Å²) in [6.45, 7) is 0.461. The van der Waals surface area contributed by atoms with E-state index in [9.17, 15) is 9.59 Å². The van der Waals surface area contributed by atoms with E-state index in [1.807, 2.05) is 0 Å². The Morgan fingerprint density at radius 2 is 2.14 bits per heavy atom. The fourth-order valence-electron chi connectivity index (χ4n) is 0.927. The molecule has 0 radical (unpaired) electrons. The molecule has 0 heterocycles. The van der Waals surface area contributed by atoms with Crippen LogP contribution in [0.25, 0.3) is 0 Å². The number of hydrogen-bond acceptors (Lipinski definition) is 3. The SMILES string of the molecule is O=C(O)/C=C/NCCC(=O)NC1CC1. The minimum absolute atomic E-state index is 0.0173. The second-order valence-corrected chi connectivity index (χ2v) is 3.22. The van der Waals surface area contributed by atoms with Gasteiger partial charge >= 0.3 is 5.97 Å². The van der Waals surface area contributed by atoms with Gasteiger partial charge in [-0.1, -0.05) is 0 Å². The minimum Gasteiger partial charge on any atom is -0.478 e. The molecule has 1 aliphatic carbocycles. The van der Waals surface area contributed by atoms with Crippen LogP contribution in [0.2, 0.25) is 0 Å². The van der Waals surface area contributed by atoms with E-state index in [1.54, 1.807) is 0 Å². The van der Waals surface area contributed by atoms with Gasteiger partial charge in [-0.2, -0.15) is 0 Å². The Balaban J connectivity index is 1.96. The van der Waals surface area contributed by atoms with E-state index in [-0.39, 0.29) is 5.91 Å². The number of carbonyl (C=O) groups excluding carboxylic acids is 1. The van der Waals surface area contributed by atoms with Crippen molar-refractivity contribution in [1.82, 2.24) is 10.6 Å². The molecular weight excluding hydrogens is 184 g/mol. The number of nitrogens with one attached hydrogen (secondary N) is 2. The maximum Gasteiger partial charge on any atom is 0.329 e. The van der Waals surface area contributed by atoms with Crippen LogP contribution in [-0.2, 0) is 9.59 Å². The molecule has 0 atom stereocenters. The normalized spacial score (nSPS) is 15.4. The Hall–Kier alpha value is -1.52. The van der Waals surface area contributed by atoms with Crippen molar-refractivity contribution < 1.29 is 14.7 Å². The zero-order chi connectivity index (χ0) is 10.4. The predicted octanol–water partition coefficient (Wildman–Crippen LogP) is -0.157. The quantitative estimate of drug-likeness (QED) is 0.409. The Morgan fingerprint density at radius 1 is 1.43 bits per heavy atom. The van der Waals surface area contributed by atoms with E-state index in [2.05, 4.69) is 10.6 Å². The molecule has 0 aromatic heterocycles. The van der Waals surface area contributed by atoms with Gasteiger partial charge in [0.15, 0.2) is 0 Å². The van der Waals surface area contributed by atoms with E-state index in [0.29, 0.717) is 19.0 Å². The lowest BCUT2D eigenvalue weighted by Crippen LogP contribution is -2.27. The zero-order valence-electron chi connectivity index (χ0n) is 7.82. The smallest absolute Gasteiger partial charge is 0.329 e. The first-order valence-electron chi connectivity index (χ1n) is 4.60. The Labute approximate surface area is 82.2 Å². The van der Waals surface area contributed by atoms with Gasteiger partial charge in [-0.15, -0.1) is 0 Å². The summed E-state index contributed by atoms with van der Waals surface area (Å²) in [6, 6.07) is 0.386.